The SMILES string of the molecule is CCCCc1ccc(NC(=O)c2ccc(=O)n(Cc3ccc(C)cc3)n2)cc1. The summed E-state index contributed by atoms with van der Waals surface area (Å²) in [7, 11) is 0. The van der Waals surface area contributed by atoms with Gasteiger partial charge < -0.3 is 5.32 Å². The Kier molecular flexibility index (Phi) is 6.37. The number of carbonyl (C=O) groups excluding carboxylic acids is 1. The van der Waals surface area contributed by atoms with Crippen LogP contribution in [0.15, 0.2) is 65.5 Å². The molecule has 0 aliphatic rings. The van der Waals surface area contributed by atoms with Gasteiger partial charge in [-0.3, -0.25) is 9.59 Å². The second-order valence-corrected chi connectivity index (χ2v) is 6.95. The highest BCUT2D eigenvalue weighted by Crippen LogP contribution is 2.13. The van der Waals surface area contributed by atoms with Gasteiger partial charge in [-0.15, -0.1) is 0 Å². The van der Waals surface area contributed by atoms with Gasteiger partial charge in [0.15, 0.2) is 0 Å². The number of hydrogen-bond acceptors (Lipinski definition) is 3. The predicted octanol–water partition coefficient (Wildman–Crippen LogP) is 4.19. The summed E-state index contributed by atoms with van der Waals surface area (Å²) in [5.41, 5.74) is 4.05. The molecule has 1 aromatic heterocycles. The lowest BCUT2D eigenvalue weighted by Gasteiger charge is -2.09. The lowest BCUT2D eigenvalue weighted by molar-refractivity contribution is 0.102. The van der Waals surface area contributed by atoms with Crippen LogP contribution in [-0.4, -0.2) is 15.7 Å². The van der Waals surface area contributed by atoms with Crippen LogP contribution in [0.5, 0.6) is 0 Å². The molecule has 0 saturated carbocycles. The van der Waals surface area contributed by atoms with Crippen LogP contribution in [0.25, 0.3) is 0 Å². The van der Waals surface area contributed by atoms with E-state index in [0.29, 0.717) is 12.2 Å². The van der Waals surface area contributed by atoms with Crippen molar-refractivity contribution in [2.24, 2.45) is 0 Å². The van der Waals surface area contributed by atoms with Crippen LogP contribution in [0.3, 0.4) is 0 Å². The van der Waals surface area contributed by atoms with Gasteiger partial charge in [0, 0.05) is 11.8 Å². The normalized spacial score (nSPS) is 10.6. The number of unbranched alkanes of at least 4 members (excludes halogenated alkanes) is 1. The van der Waals surface area contributed by atoms with Crippen molar-refractivity contribution >= 4 is 11.6 Å². The van der Waals surface area contributed by atoms with E-state index in [0.717, 1.165) is 30.4 Å². The maximum absolute atomic E-state index is 12.5. The molecule has 3 rings (SSSR count). The van der Waals surface area contributed by atoms with E-state index in [2.05, 4.69) is 17.3 Å². The number of nitrogens with zero attached hydrogens (tertiary/aromatic N) is 2. The minimum absolute atomic E-state index is 0.210. The van der Waals surface area contributed by atoms with Crippen LogP contribution in [0, 0.1) is 6.92 Å². The highest BCUT2D eigenvalue weighted by atomic mass is 16.2. The van der Waals surface area contributed by atoms with E-state index in [1.54, 1.807) is 0 Å². The largest absolute Gasteiger partial charge is 0.321 e. The molecule has 144 valence electrons. The first-order chi connectivity index (χ1) is 13.5. The van der Waals surface area contributed by atoms with E-state index in [1.807, 2.05) is 55.5 Å². The van der Waals surface area contributed by atoms with Gasteiger partial charge in [-0.25, -0.2) is 4.68 Å². The molecule has 0 spiro atoms. The number of hydrogen-bond donors (Lipinski definition) is 1. The van der Waals surface area contributed by atoms with Crippen molar-refractivity contribution in [3.8, 4) is 0 Å². The first kappa shape index (κ1) is 19.5. The summed E-state index contributed by atoms with van der Waals surface area (Å²) in [6.07, 6.45) is 3.34. The molecule has 0 bridgehead atoms. The Labute approximate surface area is 165 Å². The monoisotopic (exact) mass is 375 g/mol. The smallest absolute Gasteiger partial charge is 0.276 e. The van der Waals surface area contributed by atoms with Crippen molar-refractivity contribution in [3.05, 3.63) is 93.4 Å². The maximum Gasteiger partial charge on any atom is 0.276 e. The van der Waals surface area contributed by atoms with Crippen molar-refractivity contribution in [2.45, 2.75) is 39.7 Å². The van der Waals surface area contributed by atoms with Crippen molar-refractivity contribution in [1.82, 2.24) is 9.78 Å². The topological polar surface area (TPSA) is 64.0 Å². The lowest BCUT2D eigenvalue weighted by Crippen LogP contribution is -2.26. The quantitative estimate of drug-likeness (QED) is 0.673. The zero-order valence-electron chi connectivity index (χ0n) is 16.3. The average Bonchev–Trinajstić information content (AvgIpc) is 2.70. The Morgan fingerprint density at radius 2 is 1.64 bits per heavy atom. The number of aromatic nitrogens is 2. The predicted molar refractivity (Wildman–Crippen MR) is 112 cm³/mol. The summed E-state index contributed by atoms with van der Waals surface area (Å²) in [5.74, 6) is -0.334. The lowest BCUT2D eigenvalue weighted by atomic mass is 10.1. The van der Waals surface area contributed by atoms with Gasteiger partial charge in [-0.05, 0) is 49.1 Å². The third-order valence-electron chi connectivity index (χ3n) is 4.58. The second-order valence-electron chi connectivity index (χ2n) is 6.95. The molecule has 1 amide bonds. The molecule has 0 aliphatic heterocycles. The summed E-state index contributed by atoms with van der Waals surface area (Å²) >= 11 is 0. The van der Waals surface area contributed by atoms with Crippen molar-refractivity contribution in [2.75, 3.05) is 5.32 Å². The molecular formula is C23H25N3O2. The van der Waals surface area contributed by atoms with Gasteiger partial charge in [-0.2, -0.15) is 5.10 Å². The van der Waals surface area contributed by atoms with Gasteiger partial charge in [0.25, 0.3) is 11.5 Å². The number of nitrogens with one attached hydrogen (secondary N) is 1. The van der Waals surface area contributed by atoms with Crippen LogP contribution < -0.4 is 10.9 Å². The van der Waals surface area contributed by atoms with Crippen LogP contribution >= 0.6 is 0 Å². The molecule has 2 aromatic carbocycles. The number of aryl methyl sites for hydroxylation is 2. The Balaban J connectivity index is 1.71. The fourth-order valence-corrected chi connectivity index (χ4v) is 2.88. The van der Waals surface area contributed by atoms with Crippen LogP contribution in [-0.2, 0) is 13.0 Å². The summed E-state index contributed by atoms with van der Waals surface area (Å²) in [6, 6.07) is 18.6. The molecule has 0 aliphatic carbocycles. The molecule has 1 N–H and O–H groups in total. The molecule has 28 heavy (non-hydrogen) atoms. The Morgan fingerprint density at radius 3 is 2.32 bits per heavy atom. The fourth-order valence-electron chi connectivity index (χ4n) is 2.88. The number of anilines is 1. The molecule has 3 aromatic rings. The van der Waals surface area contributed by atoms with Gasteiger partial charge >= 0.3 is 0 Å². The number of carbonyl (C=O) groups is 1. The Morgan fingerprint density at radius 1 is 0.964 bits per heavy atom. The number of benzene rings is 2. The van der Waals surface area contributed by atoms with Crippen molar-refractivity contribution in [1.29, 1.82) is 0 Å². The summed E-state index contributed by atoms with van der Waals surface area (Å²) in [4.78, 5) is 24.7. The van der Waals surface area contributed by atoms with Crippen LogP contribution in [0.4, 0.5) is 5.69 Å². The highest BCUT2D eigenvalue weighted by molar-refractivity contribution is 6.02. The van der Waals surface area contributed by atoms with Crippen molar-refractivity contribution < 1.29 is 4.79 Å². The summed E-state index contributed by atoms with van der Waals surface area (Å²) in [5, 5.41) is 7.08. The number of rotatable bonds is 7. The fraction of sp³-hybridized carbons (Fsp3) is 0.261. The highest BCUT2D eigenvalue weighted by Gasteiger charge is 2.10. The third-order valence-corrected chi connectivity index (χ3v) is 4.58. The molecular weight excluding hydrogens is 350 g/mol. The minimum atomic E-state index is -0.334. The van der Waals surface area contributed by atoms with E-state index in [4.69, 9.17) is 0 Å². The van der Waals surface area contributed by atoms with E-state index < -0.39 is 0 Å². The van der Waals surface area contributed by atoms with E-state index >= 15 is 0 Å². The minimum Gasteiger partial charge on any atom is -0.321 e. The summed E-state index contributed by atoms with van der Waals surface area (Å²) < 4.78 is 1.31. The zero-order chi connectivity index (χ0) is 19.9. The average molecular weight is 375 g/mol. The van der Waals surface area contributed by atoms with Crippen molar-refractivity contribution in [3.63, 3.8) is 0 Å². The first-order valence-corrected chi connectivity index (χ1v) is 9.59. The second kappa shape index (κ2) is 9.13. The van der Waals surface area contributed by atoms with Gasteiger partial charge in [0.05, 0.1) is 6.54 Å². The molecule has 5 nitrogen and oxygen atoms in total. The Hall–Kier alpha value is -3.21. The van der Waals surface area contributed by atoms with Gasteiger partial charge in [-0.1, -0.05) is 55.3 Å². The molecule has 1 heterocycles. The molecule has 0 unspecified atom stereocenters. The standard InChI is InChI=1S/C23H25N3O2/c1-3-4-5-18-10-12-20(13-11-18)24-23(28)21-14-15-22(27)26(25-21)16-19-8-6-17(2)7-9-19/h6-15H,3-5,16H2,1-2H3,(H,24,28). The van der Waals surface area contributed by atoms with Gasteiger partial charge in [0.1, 0.15) is 5.69 Å². The van der Waals surface area contributed by atoms with E-state index in [-0.39, 0.29) is 17.2 Å². The van der Waals surface area contributed by atoms with Crippen LogP contribution in [0.2, 0.25) is 0 Å². The van der Waals surface area contributed by atoms with Gasteiger partial charge in [0.2, 0.25) is 0 Å². The molecule has 0 atom stereocenters. The Bertz CT molecular complexity index is 990. The maximum atomic E-state index is 12.5. The number of amides is 1. The molecule has 0 fully saturated rings. The van der Waals surface area contributed by atoms with E-state index in [9.17, 15) is 9.59 Å². The van der Waals surface area contributed by atoms with Crippen LogP contribution in [0.1, 0.15) is 46.9 Å². The van der Waals surface area contributed by atoms with E-state index in [1.165, 1.54) is 22.4 Å². The first-order valence-electron chi connectivity index (χ1n) is 9.59. The molecule has 0 radical (unpaired) electrons. The zero-order valence-corrected chi connectivity index (χ0v) is 16.3. The molecule has 5 heteroatoms. The third kappa shape index (κ3) is 5.16. The summed E-state index contributed by atoms with van der Waals surface area (Å²) in [6.45, 7) is 4.50. The molecule has 0 saturated heterocycles.